The fraction of sp³-hybridized carbons (Fsp3) is 0.267. The molecule has 3 aromatic heterocycles. The molecule has 4 amide bonds. The molecule has 60 heavy (non-hydrogen) atoms. The van der Waals surface area contributed by atoms with E-state index < -0.39 is 30.0 Å². The summed E-state index contributed by atoms with van der Waals surface area (Å²) in [5.74, 6) is -0.892. The molecule has 5 heterocycles. The third kappa shape index (κ3) is 7.11. The number of carbonyl (C=O) groups is 4. The first-order chi connectivity index (χ1) is 29.1. The number of fused-ring (bicyclic) bond motifs is 2. The van der Waals surface area contributed by atoms with Crippen LogP contribution in [0, 0.1) is 0 Å². The standard InChI is InChI=1S/C45H44N10O5/c46-39-31(8-3-22-50-39)40-52-34-15-14-32(51-41(34)54(40)29-12-10-28(11-13-29)45(47)20-4-21-45)27-6-1-5-26(25-27)18-23-49-36(56)19-24-48-33-9-2-7-30-38(33)44(60)55(43(30)59)35-16-17-37(57)53-42(35)58/h1-3,5-15,22,25,35,37,48,57H,4,16-21,23-24,47H2,(H2,46,50)(H,49,56)(H,53,58). The number of pyridine rings is 2. The Kier molecular flexibility index (Phi) is 10.1. The fourth-order valence-corrected chi connectivity index (χ4v) is 8.33. The van der Waals surface area contributed by atoms with Crippen molar-refractivity contribution in [3.8, 4) is 28.3 Å². The maximum absolute atomic E-state index is 13.4. The number of rotatable bonds is 12. The molecular weight excluding hydrogens is 761 g/mol. The zero-order chi connectivity index (χ0) is 41.5. The summed E-state index contributed by atoms with van der Waals surface area (Å²) in [7, 11) is 0. The highest BCUT2D eigenvalue weighted by Gasteiger charge is 2.45. The van der Waals surface area contributed by atoms with Gasteiger partial charge < -0.3 is 32.5 Å². The van der Waals surface area contributed by atoms with Crippen LogP contribution < -0.4 is 27.4 Å². The third-order valence-corrected chi connectivity index (χ3v) is 11.7. The van der Waals surface area contributed by atoms with Gasteiger partial charge in [0.2, 0.25) is 11.8 Å². The molecule has 9 rings (SSSR count). The van der Waals surface area contributed by atoms with E-state index in [-0.39, 0.29) is 48.4 Å². The minimum absolute atomic E-state index is 0.124. The molecule has 1 aliphatic carbocycles. The lowest BCUT2D eigenvalue weighted by Crippen LogP contribution is -2.55. The van der Waals surface area contributed by atoms with Crippen LogP contribution in [0.3, 0.4) is 0 Å². The van der Waals surface area contributed by atoms with Crippen LogP contribution in [-0.4, -0.2) is 78.5 Å². The number of aliphatic hydroxyl groups excluding tert-OH is 1. The quantitative estimate of drug-likeness (QED) is 0.0950. The molecule has 1 saturated heterocycles. The topological polar surface area (TPSA) is 223 Å². The number of nitrogen functional groups attached to an aromatic ring is 1. The number of imidazole rings is 1. The van der Waals surface area contributed by atoms with Gasteiger partial charge in [0.1, 0.15) is 23.6 Å². The van der Waals surface area contributed by atoms with Crippen LogP contribution >= 0.6 is 0 Å². The minimum Gasteiger partial charge on any atom is -0.384 e. The van der Waals surface area contributed by atoms with Crippen LogP contribution in [0.5, 0.6) is 0 Å². The van der Waals surface area contributed by atoms with E-state index in [0.29, 0.717) is 47.0 Å². The van der Waals surface area contributed by atoms with Crippen LogP contribution in [0.25, 0.3) is 39.5 Å². The number of imide groups is 1. The summed E-state index contributed by atoms with van der Waals surface area (Å²) in [4.78, 5) is 67.4. The van der Waals surface area contributed by atoms with Crippen molar-refractivity contribution < 1.29 is 24.3 Å². The van der Waals surface area contributed by atoms with E-state index in [1.807, 2.05) is 47.0 Å². The summed E-state index contributed by atoms with van der Waals surface area (Å²) in [6.07, 6.45) is 4.81. The predicted octanol–water partition coefficient (Wildman–Crippen LogP) is 4.42. The van der Waals surface area contributed by atoms with Crippen molar-refractivity contribution in [3.05, 3.63) is 119 Å². The van der Waals surface area contributed by atoms with Crippen molar-refractivity contribution in [2.45, 2.75) is 62.8 Å². The number of hydrogen-bond acceptors (Lipinski definition) is 11. The van der Waals surface area contributed by atoms with Crippen molar-refractivity contribution in [3.63, 3.8) is 0 Å². The van der Waals surface area contributed by atoms with Gasteiger partial charge in [0.15, 0.2) is 11.5 Å². The Morgan fingerprint density at radius 2 is 1.70 bits per heavy atom. The Labute approximate surface area is 345 Å². The first kappa shape index (κ1) is 38.5. The van der Waals surface area contributed by atoms with Crippen LogP contribution in [-0.2, 0) is 21.5 Å². The Morgan fingerprint density at radius 1 is 0.900 bits per heavy atom. The molecule has 0 spiro atoms. The molecule has 2 fully saturated rings. The Hall–Kier alpha value is -6.97. The summed E-state index contributed by atoms with van der Waals surface area (Å²) in [6, 6.07) is 27.8. The molecule has 1 saturated carbocycles. The molecule has 0 radical (unpaired) electrons. The zero-order valence-corrected chi connectivity index (χ0v) is 32.7. The van der Waals surface area contributed by atoms with Crippen molar-refractivity contribution >= 4 is 46.3 Å². The molecule has 6 aromatic rings. The van der Waals surface area contributed by atoms with E-state index in [9.17, 15) is 24.3 Å². The van der Waals surface area contributed by atoms with Gasteiger partial charge >= 0.3 is 0 Å². The minimum atomic E-state index is -1.01. The van der Waals surface area contributed by atoms with Crippen LogP contribution in [0.15, 0.2) is 97.2 Å². The van der Waals surface area contributed by atoms with Gasteiger partial charge in [-0.3, -0.25) is 28.6 Å². The molecule has 3 aromatic carbocycles. The smallest absolute Gasteiger partial charge is 0.264 e. The van der Waals surface area contributed by atoms with Crippen molar-refractivity contribution in [2.24, 2.45) is 5.73 Å². The number of piperidine rings is 1. The van der Waals surface area contributed by atoms with E-state index in [1.54, 1.807) is 24.4 Å². The molecule has 2 unspecified atom stereocenters. The van der Waals surface area contributed by atoms with E-state index in [2.05, 4.69) is 51.3 Å². The fourth-order valence-electron chi connectivity index (χ4n) is 8.33. The monoisotopic (exact) mass is 804 g/mol. The molecule has 15 nitrogen and oxygen atoms in total. The molecule has 0 bridgehead atoms. The average molecular weight is 805 g/mol. The van der Waals surface area contributed by atoms with Crippen LogP contribution in [0.1, 0.15) is 70.4 Å². The second-order valence-corrected chi connectivity index (χ2v) is 15.6. The molecule has 2 aliphatic heterocycles. The lowest BCUT2D eigenvalue weighted by atomic mass is 9.73. The number of nitrogens with two attached hydrogens (primary N) is 2. The van der Waals surface area contributed by atoms with E-state index in [4.69, 9.17) is 21.4 Å². The first-order valence-corrected chi connectivity index (χ1v) is 20.2. The molecule has 304 valence electrons. The number of nitrogens with zero attached hydrogens (tertiary/aromatic N) is 5. The Balaban J connectivity index is 0.859. The van der Waals surface area contributed by atoms with Gasteiger partial charge in [0, 0.05) is 48.2 Å². The average Bonchev–Trinajstić information content (AvgIpc) is 3.74. The number of aliphatic hydroxyl groups is 1. The number of benzene rings is 3. The highest BCUT2D eigenvalue weighted by molar-refractivity contribution is 6.25. The third-order valence-electron chi connectivity index (χ3n) is 11.7. The van der Waals surface area contributed by atoms with Gasteiger partial charge in [0.05, 0.1) is 22.4 Å². The second-order valence-electron chi connectivity index (χ2n) is 15.6. The normalized spacial score (nSPS) is 18.2. The molecule has 3 aliphatic rings. The van der Waals surface area contributed by atoms with Gasteiger partial charge in [-0.25, -0.2) is 15.0 Å². The van der Waals surface area contributed by atoms with E-state index in [1.165, 1.54) is 0 Å². The second kappa shape index (κ2) is 15.7. The molecule has 8 N–H and O–H groups in total. The SMILES string of the molecule is Nc1ncccc1-c1nc2ccc(-c3cccc(CCNC(=O)CCNc4cccc5c4C(=O)N(C4CCC(O)NC4=O)C5=O)c3)nc2n1-c1ccc(C2(N)CCC2)cc1. The lowest BCUT2D eigenvalue weighted by Gasteiger charge is -2.38. The van der Waals surface area contributed by atoms with Crippen molar-refractivity contribution in [2.75, 3.05) is 24.1 Å². The highest BCUT2D eigenvalue weighted by atomic mass is 16.3. The van der Waals surface area contributed by atoms with E-state index in [0.717, 1.165) is 52.2 Å². The number of amides is 4. The summed E-state index contributed by atoms with van der Waals surface area (Å²) in [6.45, 7) is 0.617. The van der Waals surface area contributed by atoms with Gasteiger partial charge in [-0.15, -0.1) is 0 Å². The molecule has 2 atom stereocenters. The molecular formula is C45H44N10O5. The van der Waals surface area contributed by atoms with Gasteiger partial charge in [-0.2, -0.15) is 0 Å². The Bertz CT molecular complexity index is 2670. The lowest BCUT2D eigenvalue weighted by molar-refractivity contribution is -0.131. The van der Waals surface area contributed by atoms with Crippen molar-refractivity contribution in [1.82, 2.24) is 35.1 Å². The summed E-state index contributed by atoms with van der Waals surface area (Å²) in [5.41, 5.74) is 20.2. The summed E-state index contributed by atoms with van der Waals surface area (Å²) in [5, 5.41) is 18.2. The number of anilines is 2. The number of carbonyl (C=O) groups excluding carboxylic acids is 4. The Morgan fingerprint density at radius 3 is 2.47 bits per heavy atom. The largest absolute Gasteiger partial charge is 0.384 e. The van der Waals surface area contributed by atoms with Crippen molar-refractivity contribution in [1.29, 1.82) is 0 Å². The number of aromatic nitrogens is 4. The maximum Gasteiger partial charge on any atom is 0.264 e. The highest BCUT2D eigenvalue weighted by Crippen LogP contribution is 2.40. The zero-order valence-electron chi connectivity index (χ0n) is 32.7. The number of nitrogens with one attached hydrogen (secondary N) is 3. The van der Waals surface area contributed by atoms with Crippen LogP contribution in [0.2, 0.25) is 0 Å². The predicted molar refractivity (Wildman–Crippen MR) is 226 cm³/mol. The van der Waals surface area contributed by atoms with Gasteiger partial charge in [0.25, 0.3) is 11.8 Å². The number of hydrogen-bond donors (Lipinski definition) is 6. The van der Waals surface area contributed by atoms with Gasteiger partial charge in [-0.1, -0.05) is 36.4 Å². The molecule has 15 heteroatoms. The first-order valence-electron chi connectivity index (χ1n) is 20.2. The summed E-state index contributed by atoms with van der Waals surface area (Å²) >= 11 is 0. The van der Waals surface area contributed by atoms with Gasteiger partial charge in [-0.05, 0) is 104 Å². The maximum atomic E-state index is 13.4. The summed E-state index contributed by atoms with van der Waals surface area (Å²) < 4.78 is 2.01. The van der Waals surface area contributed by atoms with E-state index >= 15 is 0 Å². The van der Waals surface area contributed by atoms with Crippen LogP contribution in [0.4, 0.5) is 11.5 Å².